The van der Waals surface area contributed by atoms with Crippen molar-refractivity contribution in [3.8, 4) is 0 Å². The highest BCUT2D eigenvalue weighted by molar-refractivity contribution is 7.08. The molecule has 1 heterocycles. The summed E-state index contributed by atoms with van der Waals surface area (Å²) in [5.41, 5.74) is 3.74. The van der Waals surface area contributed by atoms with Gasteiger partial charge in [-0.05, 0) is 60.9 Å². The van der Waals surface area contributed by atoms with Crippen molar-refractivity contribution >= 4 is 35.0 Å². The molecule has 4 nitrogen and oxygen atoms in total. The van der Waals surface area contributed by atoms with Gasteiger partial charge in [0.15, 0.2) is 6.10 Å². The molecule has 0 aliphatic heterocycles. The molecule has 2 aromatic rings. The average Bonchev–Trinajstić information content (AvgIpc) is 3.01. The number of hydrogen-bond donors (Lipinski definition) is 1. The minimum atomic E-state index is -0.865. The van der Waals surface area contributed by atoms with Gasteiger partial charge in [-0.25, -0.2) is 4.79 Å². The third-order valence-corrected chi connectivity index (χ3v) is 3.96. The molecule has 0 saturated heterocycles. The van der Waals surface area contributed by atoms with Gasteiger partial charge in [-0.2, -0.15) is 11.3 Å². The first-order chi connectivity index (χ1) is 11.0. The van der Waals surface area contributed by atoms with Crippen molar-refractivity contribution in [3.63, 3.8) is 0 Å². The highest BCUT2D eigenvalue weighted by atomic mass is 32.1. The van der Waals surface area contributed by atoms with Crippen molar-refractivity contribution in [2.75, 3.05) is 5.32 Å². The van der Waals surface area contributed by atoms with Gasteiger partial charge < -0.3 is 10.1 Å². The van der Waals surface area contributed by atoms with Gasteiger partial charge in [0, 0.05) is 11.8 Å². The molecule has 2 rings (SSSR count). The Bertz CT molecular complexity index is 720. The summed E-state index contributed by atoms with van der Waals surface area (Å²) >= 11 is 1.55. The summed E-state index contributed by atoms with van der Waals surface area (Å²) in [6, 6.07) is 7.64. The van der Waals surface area contributed by atoms with E-state index in [1.54, 1.807) is 24.3 Å². The lowest BCUT2D eigenvalue weighted by molar-refractivity contribution is -0.148. The van der Waals surface area contributed by atoms with E-state index in [1.807, 2.05) is 48.9 Å². The summed E-state index contributed by atoms with van der Waals surface area (Å²) in [7, 11) is 0. The molecule has 0 aliphatic carbocycles. The summed E-state index contributed by atoms with van der Waals surface area (Å²) in [6.07, 6.45) is 2.12. The molecular formula is C18H19NO3S. The maximum Gasteiger partial charge on any atom is 0.331 e. The van der Waals surface area contributed by atoms with Crippen molar-refractivity contribution < 1.29 is 14.3 Å². The zero-order valence-electron chi connectivity index (χ0n) is 13.3. The van der Waals surface area contributed by atoms with E-state index in [0.29, 0.717) is 0 Å². The minimum Gasteiger partial charge on any atom is -0.449 e. The number of hydrogen-bond acceptors (Lipinski definition) is 4. The Hall–Kier alpha value is -2.40. The molecule has 1 atom stereocenters. The van der Waals surface area contributed by atoms with Crippen LogP contribution in [0.15, 0.2) is 41.1 Å². The van der Waals surface area contributed by atoms with Crippen LogP contribution in [0.4, 0.5) is 5.69 Å². The van der Waals surface area contributed by atoms with E-state index in [-0.39, 0.29) is 5.91 Å². The van der Waals surface area contributed by atoms with Crippen LogP contribution in [-0.4, -0.2) is 18.0 Å². The standard InChI is InChI=1S/C18H19NO3S/c1-12-4-6-16(13(2)10-12)19-18(21)14(3)22-17(20)7-5-15-8-9-23-11-15/h4-11,14H,1-3H3,(H,19,21)/b7-5+/t14-/m1/s1. The number of esters is 1. The van der Waals surface area contributed by atoms with Crippen LogP contribution in [0.25, 0.3) is 6.08 Å². The van der Waals surface area contributed by atoms with Crippen LogP contribution in [0, 0.1) is 13.8 Å². The number of aryl methyl sites for hydroxylation is 2. The predicted molar refractivity (Wildman–Crippen MR) is 93.5 cm³/mol. The molecule has 0 unspecified atom stereocenters. The van der Waals surface area contributed by atoms with Gasteiger partial charge >= 0.3 is 5.97 Å². The Kier molecular flexibility index (Phi) is 5.71. The second kappa shape index (κ2) is 7.74. The van der Waals surface area contributed by atoms with E-state index in [4.69, 9.17) is 4.74 Å². The molecule has 0 bridgehead atoms. The van der Waals surface area contributed by atoms with E-state index < -0.39 is 12.1 Å². The quantitative estimate of drug-likeness (QED) is 0.667. The van der Waals surface area contributed by atoms with Crippen molar-refractivity contribution in [1.29, 1.82) is 0 Å². The summed E-state index contributed by atoms with van der Waals surface area (Å²) in [5.74, 6) is -0.895. The number of ether oxygens (including phenoxy) is 1. The molecule has 1 N–H and O–H groups in total. The molecule has 1 aromatic heterocycles. The second-order valence-corrected chi connectivity index (χ2v) is 6.06. The lowest BCUT2D eigenvalue weighted by atomic mass is 10.1. The zero-order valence-corrected chi connectivity index (χ0v) is 14.1. The maximum atomic E-state index is 12.1. The van der Waals surface area contributed by atoms with Crippen LogP contribution in [-0.2, 0) is 14.3 Å². The first-order valence-electron chi connectivity index (χ1n) is 7.24. The SMILES string of the molecule is Cc1ccc(NC(=O)[C@@H](C)OC(=O)/C=C/c2ccsc2)c(C)c1. The second-order valence-electron chi connectivity index (χ2n) is 5.28. The fourth-order valence-electron chi connectivity index (χ4n) is 1.99. The first-order valence-corrected chi connectivity index (χ1v) is 8.19. The number of thiophene rings is 1. The third-order valence-electron chi connectivity index (χ3n) is 3.26. The molecule has 5 heteroatoms. The van der Waals surface area contributed by atoms with Crippen molar-refractivity contribution in [2.24, 2.45) is 0 Å². The lowest BCUT2D eigenvalue weighted by Crippen LogP contribution is -2.29. The molecule has 0 fully saturated rings. The molecule has 23 heavy (non-hydrogen) atoms. The Labute approximate surface area is 139 Å². The van der Waals surface area contributed by atoms with Gasteiger partial charge in [0.05, 0.1) is 0 Å². The van der Waals surface area contributed by atoms with Crippen molar-refractivity contribution in [1.82, 2.24) is 0 Å². The number of carbonyl (C=O) groups is 2. The van der Waals surface area contributed by atoms with Crippen LogP contribution >= 0.6 is 11.3 Å². The number of anilines is 1. The van der Waals surface area contributed by atoms with E-state index in [0.717, 1.165) is 22.4 Å². The highest BCUT2D eigenvalue weighted by Crippen LogP contribution is 2.16. The van der Waals surface area contributed by atoms with Crippen molar-refractivity contribution in [2.45, 2.75) is 26.9 Å². The minimum absolute atomic E-state index is 0.353. The summed E-state index contributed by atoms with van der Waals surface area (Å²) in [5, 5.41) is 6.61. The molecule has 0 saturated carbocycles. The van der Waals surface area contributed by atoms with E-state index in [2.05, 4.69) is 5.32 Å². The third kappa shape index (κ3) is 5.07. The Morgan fingerprint density at radius 2 is 2.04 bits per heavy atom. The van der Waals surface area contributed by atoms with Gasteiger partial charge in [-0.3, -0.25) is 4.79 Å². The summed E-state index contributed by atoms with van der Waals surface area (Å²) < 4.78 is 5.11. The largest absolute Gasteiger partial charge is 0.449 e. The Morgan fingerprint density at radius 1 is 1.26 bits per heavy atom. The molecule has 1 aromatic carbocycles. The smallest absolute Gasteiger partial charge is 0.331 e. The number of amides is 1. The van der Waals surface area contributed by atoms with Gasteiger partial charge in [0.25, 0.3) is 5.91 Å². The monoisotopic (exact) mass is 329 g/mol. The number of nitrogens with one attached hydrogen (secondary N) is 1. The number of benzene rings is 1. The number of carbonyl (C=O) groups excluding carboxylic acids is 2. The summed E-state index contributed by atoms with van der Waals surface area (Å²) in [6.45, 7) is 5.46. The maximum absolute atomic E-state index is 12.1. The van der Waals surface area contributed by atoms with Gasteiger partial charge in [-0.1, -0.05) is 17.7 Å². The lowest BCUT2D eigenvalue weighted by Gasteiger charge is -2.14. The summed E-state index contributed by atoms with van der Waals surface area (Å²) in [4.78, 5) is 23.8. The Balaban J connectivity index is 1.90. The fourth-order valence-corrected chi connectivity index (χ4v) is 2.62. The van der Waals surface area contributed by atoms with Crippen LogP contribution in [0.1, 0.15) is 23.6 Å². The van der Waals surface area contributed by atoms with Crippen LogP contribution < -0.4 is 5.32 Å². The number of rotatable bonds is 5. The normalized spacial score (nSPS) is 12.1. The zero-order chi connectivity index (χ0) is 16.8. The van der Waals surface area contributed by atoms with Gasteiger partial charge in [-0.15, -0.1) is 0 Å². The molecule has 0 radical (unpaired) electrons. The van der Waals surface area contributed by atoms with Crippen LogP contribution in [0.3, 0.4) is 0 Å². The van der Waals surface area contributed by atoms with Crippen molar-refractivity contribution in [3.05, 3.63) is 57.8 Å². The molecular weight excluding hydrogens is 310 g/mol. The molecule has 1 amide bonds. The van der Waals surface area contributed by atoms with E-state index in [1.165, 1.54) is 6.08 Å². The molecule has 0 aliphatic rings. The molecule has 120 valence electrons. The van der Waals surface area contributed by atoms with Gasteiger partial charge in [0.1, 0.15) is 0 Å². The highest BCUT2D eigenvalue weighted by Gasteiger charge is 2.17. The topological polar surface area (TPSA) is 55.4 Å². The van der Waals surface area contributed by atoms with Crippen LogP contribution in [0.5, 0.6) is 0 Å². The fraction of sp³-hybridized carbons (Fsp3) is 0.222. The Morgan fingerprint density at radius 3 is 2.70 bits per heavy atom. The van der Waals surface area contributed by atoms with Gasteiger partial charge in [0.2, 0.25) is 0 Å². The van der Waals surface area contributed by atoms with E-state index >= 15 is 0 Å². The average molecular weight is 329 g/mol. The van der Waals surface area contributed by atoms with E-state index in [9.17, 15) is 9.59 Å². The molecule has 0 spiro atoms. The van der Waals surface area contributed by atoms with Crippen LogP contribution in [0.2, 0.25) is 0 Å². The predicted octanol–water partition coefficient (Wildman–Crippen LogP) is 3.95. The first kappa shape index (κ1) is 17.0.